The summed E-state index contributed by atoms with van der Waals surface area (Å²) in [5.41, 5.74) is 2.16. The molecule has 1 aromatic rings. The van der Waals surface area contributed by atoms with Crippen molar-refractivity contribution in [1.29, 1.82) is 0 Å². The molecule has 1 aromatic heterocycles. The van der Waals surface area contributed by atoms with E-state index < -0.39 is 0 Å². The lowest BCUT2D eigenvalue weighted by atomic mass is 10.1. The first-order chi connectivity index (χ1) is 9.89. The van der Waals surface area contributed by atoms with Crippen LogP contribution >= 0.6 is 11.8 Å². The molecule has 21 heavy (non-hydrogen) atoms. The normalized spacial score (nSPS) is 12.6. The van der Waals surface area contributed by atoms with Gasteiger partial charge in [-0.1, -0.05) is 5.16 Å². The SMILES string of the molecule is CCNC(=NCC(C)(C)SC)NCCc1c(C)noc1C. The molecule has 0 atom stereocenters. The number of hydrogen-bond donors (Lipinski definition) is 2. The van der Waals surface area contributed by atoms with Gasteiger partial charge in [0.15, 0.2) is 5.96 Å². The summed E-state index contributed by atoms with van der Waals surface area (Å²) in [5, 5.41) is 10.6. The monoisotopic (exact) mass is 312 g/mol. The molecule has 0 aliphatic rings. The van der Waals surface area contributed by atoms with Crippen molar-refractivity contribution in [2.24, 2.45) is 4.99 Å². The Morgan fingerprint density at radius 2 is 2.05 bits per heavy atom. The average molecular weight is 312 g/mol. The zero-order chi connectivity index (χ0) is 15.9. The lowest BCUT2D eigenvalue weighted by Gasteiger charge is -2.20. The quantitative estimate of drug-likeness (QED) is 0.598. The first-order valence-corrected chi connectivity index (χ1v) is 8.61. The molecule has 0 aliphatic carbocycles. The van der Waals surface area contributed by atoms with Crippen LogP contribution in [0.25, 0.3) is 0 Å². The Balaban J connectivity index is 2.53. The summed E-state index contributed by atoms with van der Waals surface area (Å²) in [6, 6.07) is 0. The molecule has 0 radical (unpaired) electrons. The van der Waals surface area contributed by atoms with Gasteiger partial charge in [-0.2, -0.15) is 11.8 Å². The number of hydrogen-bond acceptors (Lipinski definition) is 4. The minimum absolute atomic E-state index is 0.157. The van der Waals surface area contributed by atoms with Crippen LogP contribution < -0.4 is 10.6 Å². The standard InChI is InChI=1S/C15H28N4OS/c1-7-16-14(18-10-15(4,5)21-6)17-9-8-13-11(2)19-20-12(13)3/h7-10H2,1-6H3,(H2,16,17,18). The molecule has 6 heteroatoms. The topological polar surface area (TPSA) is 62.5 Å². The predicted octanol–water partition coefficient (Wildman–Crippen LogP) is 2.53. The van der Waals surface area contributed by atoms with Crippen LogP contribution in [-0.2, 0) is 6.42 Å². The molecular formula is C15H28N4OS. The maximum atomic E-state index is 5.18. The molecule has 0 amide bonds. The maximum absolute atomic E-state index is 5.18. The number of thioether (sulfide) groups is 1. The molecule has 1 rings (SSSR count). The van der Waals surface area contributed by atoms with E-state index in [-0.39, 0.29) is 4.75 Å². The highest BCUT2D eigenvalue weighted by Crippen LogP contribution is 2.20. The fraction of sp³-hybridized carbons (Fsp3) is 0.733. The first kappa shape index (κ1) is 17.9. The van der Waals surface area contributed by atoms with E-state index in [0.717, 1.165) is 43.5 Å². The summed E-state index contributed by atoms with van der Waals surface area (Å²) in [7, 11) is 0. The molecule has 0 fully saturated rings. The van der Waals surface area contributed by atoms with Crippen molar-refractivity contribution in [2.75, 3.05) is 25.9 Å². The van der Waals surface area contributed by atoms with Crippen molar-refractivity contribution in [3.8, 4) is 0 Å². The summed E-state index contributed by atoms with van der Waals surface area (Å²) in [4.78, 5) is 4.65. The molecule has 120 valence electrons. The van der Waals surface area contributed by atoms with Gasteiger partial charge in [-0.15, -0.1) is 0 Å². The molecule has 2 N–H and O–H groups in total. The molecule has 0 saturated carbocycles. The molecule has 0 aliphatic heterocycles. The van der Waals surface area contributed by atoms with Gasteiger partial charge < -0.3 is 15.2 Å². The van der Waals surface area contributed by atoms with Crippen LogP contribution in [0, 0.1) is 13.8 Å². The molecule has 1 heterocycles. The lowest BCUT2D eigenvalue weighted by molar-refractivity contribution is 0.392. The van der Waals surface area contributed by atoms with Crippen LogP contribution in [0.2, 0.25) is 0 Å². The Bertz CT molecular complexity index is 449. The molecule has 0 unspecified atom stereocenters. The van der Waals surface area contributed by atoms with E-state index >= 15 is 0 Å². The summed E-state index contributed by atoms with van der Waals surface area (Å²) in [6.07, 6.45) is 3.00. The van der Waals surface area contributed by atoms with Crippen LogP contribution in [-0.4, -0.2) is 41.8 Å². The summed E-state index contributed by atoms with van der Waals surface area (Å²) < 4.78 is 5.34. The number of guanidine groups is 1. The fourth-order valence-electron chi connectivity index (χ4n) is 1.84. The van der Waals surface area contributed by atoms with Crippen molar-refractivity contribution in [1.82, 2.24) is 15.8 Å². The van der Waals surface area contributed by atoms with Gasteiger partial charge in [-0.05, 0) is 47.3 Å². The van der Waals surface area contributed by atoms with E-state index in [0.29, 0.717) is 0 Å². The zero-order valence-electron chi connectivity index (χ0n) is 14.0. The second kappa shape index (κ2) is 8.32. The maximum Gasteiger partial charge on any atom is 0.191 e. The number of aliphatic imine (C=N–C) groups is 1. The number of aromatic nitrogens is 1. The first-order valence-electron chi connectivity index (χ1n) is 7.38. The van der Waals surface area contributed by atoms with Gasteiger partial charge >= 0.3 is 0 Å². The minimum atomic E-state index is 0.157. The van der Waals surface area contributed by atoms with Crippen molar-refractivity contribution < 1.29 is 4.52 Å². The van der Waals surface area contributed by atoms with E-state index in [1.165, 1.54) is 5.56 Å². The third-order valence-corrected chi connectivity index (χ3v) is 4.60. The predicted molar refractivity (Wildman–Crippen MR) is 91.3 cm³/mol. The van der Waals surface area contributed by atoms with Crippen LogP contribution in [0.3, 0.4) is 0 Å². The van der Waals surface area contributed by atoms with Crippen molar-refractivity contribution in [2.45, 2.75) is 45.8 Å². The Morgan fingerprint density at radius 1 is 1.33 bits per heavy atom. The smallest absolute Gasteiger partial charge is 0.191 e. The number of rotatable bonds is 7. The summed E-state index contributed by atoms with van der Waals surface area (Å²) in [6.45, 7) is 12.9. The van der Waals surface area contributed by atoms with Gasteiger partial charge in [0.2, 0.25) is 0 Å². The van der Waals surface area contributed by atoms with Gasteiger partial charge in [-0.25, -0.2) is 0 Å². The van der Waals surface area contributed by atoms with Crippen LogP contribution in [0.5, 0.6) is 0 Å². The molecule has 0 spiro atoms. The molecular weight excluding hydrogens is 284 g/mol. The Kier molecular flexibility index (Phi) is 7.08. The second-order valence-electron chi connectivity index (χ2n) is 5.64. The molecule has 0 bridgehead atoms. The van der Waals surface area contributed by atoms with E-state index in [9.17, 15) is 0 Å². The van der Waals surface area contributed by atoms with E-state index in [1.54, 1.807) is 0 Å². The third kappa shape index (κ3) is 5.99. The summed E-state index contributed by atoms with van der Waals surface area (Å²) >= 11 is 1.83. The van der Waals surface area contributed by atoms with Crippen molar-refractivity contribution in [3.63, 3.8) is 0 Å². The minimum Gasteiger partial charge on any atom is -0.361 e. The Labute approximate surface area is 132 Å². The Hall–Kier alpha value is -1.17. The van der Waals surface area contributed by atoms with Crippen LogP contribution in [0.1, 0.15) is 37.8 Å². The number of nitrogens with one attached hydrogen (secondary N) is 2. The largest absolute Gasteiger partial charge is 0.361 e. The van der Waals surface area contributed by atoms with Gasteiger partial charge in [0.1, 0.15) is 5.76 Å². The van der Waals surface area contributed by atoms with Crippen LogP contribution in [0.15, 0.2) is 9.52 Å². The van der Waals surface area contributed by atoms with Gasteiger partial charge in [-0.3, -0.25) is 4.99 Å². The average Bonchev–Trinajstić information content (AvgIpc) is 2.76. The van der Waals surface area contributed by atoms with Crippen LogP contribution in [0.4, 0.5) is 0 Å². The van der Waals surface area contributed by atoms with E-state index in [4.69, 9.17) is 4.52 Å². The highest BCUT2D eigenvalue weighted by molar-refractivity contribution is 7.99. The third-order valence-electron chi connectivity index (χ3n) is 3.36. The second-order valence-corrected chi connectivity index (χ2v) is 7.15. The molecule has 0 aromatic carbocycles. The number of nitrogens with zero attached hydrogens (tertiary/aromatic N) is 2. The molecule has 5 nitrogen and oxygen atoms in total. The summed E-state index contributed by atoms with van der Waals surface area (Å²) in [5.74, 6) is 1.77. The van der Waals surface area contributed by atoms with Gasteiger partial charge in [0, 0.05) is 23.4 Å². The zero-order valence-corrected chi connectivity index (χ0v) is 14.9. The Morgan fingerprint density at radius 3 is 2.57 bits per heavy atom. The van der Waals surface area contributed by atoms with Crippen molar-refractivity contribution >= 4 is 17.7 Å². The van der Waals surface area contributed by atoms with E-state index in [1.807, 2.05) is 25.6 Å². The molecule has 0 saturated heterocycles. The van der Waals surface area contributed by atoms with E-state index in [2.05, 4.69) is 47.8 Å². The van der Waals surface area contributed by atoms with Gasteiger partial charge in [0.05, 0.1) is 12.2 Å². The number of aryl methyl sites for hydroxylation is 2. The highest BCUT2D eigenvalue weighted by Gasteiger charge is 2.15. The fourth-order valence-corrected chi connectivity index (χ4v) is 2.03. The lowest BCUT2D eigenvalue weighted by Crippen LogP contribution is -2.39. The van der Waals surface area contributed by atoms with Crippen molar-refractivity contribution in [3.05, 3.63) is 17.0 Å². The van der Waals surface area contributed by atoms with Gasteiger partial charge in [0.25, 0.3) is 0 Å². The highest BCUT2D eigenvalue weighted by atomic mass is 32.2.